The Morgan fingerprint density at radius 1 is 0.966 bits per heavy atom. The third kappa shape index (κ3) is 6.22. The monoisotopic (exact) mass is 396 g/mol. The summed E-state index contributed by atoms with van der Waals surface area (Å²) in [5.41, 5.74) is 4.11. The van der Waals surface area contributed by atoms with E-state index in [4.69, 9.17) is 4.74 Å². The first-order chi connectivity index (χ1) is 14.0. The SMILES string of the molecule is COC(=O)CN1CCN(c2ccc(NC(=O)NCc3ccc(C)cc3)cc2)CC1. The lowest BCUT2D eigenvalue weighted by atomic mass is 10.1. The molecule has 1 fully saturated rings. The molecule has 0 aliphatic carbocycles. The van der Waals surface area contributed by atoms with Gasteiger partial charge in [-0.2, -0.15) is 0 Å². The van der Waals surface area contributed by atoms with Crippen LogP contribution in [-0.4, -0.2) is 56.7 Å². The van der Waals surface area contributed by atoms with Gasteiger partial charge in [-0.15, -0.1) is 0 Å². The zero-order valence-corrected chi connectivity index (χ0v) is 17.0. The summed E-state index contributed by atoms with van der Waals surface area (Å²) >= 11 is 0. The third-order valence-electron chi connectivity index (χ3n) is 5.02. The molecule has 1 aliphatic rings. The predicted molar refractivity (Wildman–Crippen MR) is 114 cm³/mol. The fourth-order valence-corrected chi connectivity index (χ4v) is 3.23. The van der Waals surface area contributed by atoms with Crippen LogP contribution in [0.4, 0.5) is 16.2 Å². The summed E-state index contributed by atoms with van der Waals surface area (Å²) in [6, 6.07) is 15.7. The Hall–Kier alpha value is -3.06. The van der Waals surface area contributed by atoms with Crippen molar-refractivity contribution in [3.05, 3.63) is 59.7 Å². The van der Waals surface area contributed by atoms with Gasteiger partial charge in [-0.25, -0.2) is 4.79 Å². The number of hydrogen-bond acceptors (Lipinski definition) is 5. The predicted octanol–water partition coefficient (Wildman–Crippen LogP) is 2.61. The minimum absolute atomic E-state index is 0.200. The number of carbonyl (C=O) groups excluding carboxylic acids is 2. The summed E-state index contributed by atoms with van der Waals surface area (Å²) in [5, 5.41) is 5.73. The van der Waals surface area contributed by atoms with Crippen LogP contribution in [0.3, 0.4) is 0 Å². The fraction of sp³-hybridized carbons (Fsp3) is 0.364. The molecule has 2 amide bonds. The number of nitrogens with zero attached hydrogens (tertiary/aromatic N) is 2. The number of anilines is 2. The Morgan fingerprint density at radius 2 is 1.62 bits per heavy atom. The van der Waals surface area contributed by atoms with Gasteiger partial charge >= 0.3 is 12.0 Å². The molecule has 7 nitrogen and oxygen atoms in total. The van der Waals surface area contributed by atoms with Crippen molar-refractivity contribution in [3.8, 4) is 0 Å². The van der Waals surface area contributed by atoms with Crippen molar-refractivity contribution in [2.45, 2.75) is 13.5 Å². The van der Waals surface area contributed by atoms with Gasteiger partial charge in [0.25, 0.3) is 0 Å². The van der Waals surface area contributed by atoms with Crippen LogP contribution in [-0.2, 0) is 16.1 Å². The molecule has 1 saturated heterocycles. The topological polar surface area (TPSA) is 73.9 Å². The standard InChI is InChI=1S/C22H28N4O3/c1-17-3-5-18(6-4-17)15-23-22(28)24-19-7-9-20(10-8-19)26-13-11-25(12-14-26)16-21(27)29-2/h3-10H,11-16H2,1-2H3,(H2,23,24,28). The molecule has 2 aromatic rings. The van der Waals surface area contributed by atoms with Crippen LogP contribution >= 0.6 is 0 Å². The number of methoxy groups -OCH3 is 1. The van der Waals surface area contributed by atoms with Crippen molar-refractivity contribution in [1.29, 1.82) is 0 Å². The molecule has 0 aromatic heterocycles. The molecule has 0 atom stereocenters. The number of esters is 1. The first-order valence-electron chi connectivity index (χ1n) is 9.78. The second kappa shape index (κ2) is 9.93. The van der Waals surface area contributed by atoms with Gasteiger partial charge < -0.3 is 20.3 Å². The van der Waals surface area contributed by atoms with Crippen LogP contribution in [0.2, 0.25) is 0 Å². The highest BCUT2D eigenvalue weighted by atomic mass is 16.5. The molecule has 1 heterocycles. The lowest BCUT2D eigenvalue weighted by molar-refractivity contribution is -0.142. The van der Waals surface area contributed by atoms with Gasteiger partial charge in [-0.3, -0.25) is 9.69 Å². The number of hydrogen-bond donors (Lipinski definition) is 2. The maximum Gasteiger partial charge on any atom is 0.319 e. The summed E-state index contributed by atoms with van der Waals surface area (Å²) in [6.45, 7) is 6.19. The molecule has 3 rings (SSSR count). The summed E-state index contributed by atoms with van der Waals surface area (Å²) in [6.07, 6.45) is 0. The van der Waals surface area contributed by atoms with Gasteiger partial charge in [0.2, 0.25) is 0 Å². The Bertz CT molecular complexity index is 813. The average molecular weight is 396 g/mol. The fourth-order valence-electron chi connectivity index (χ4n) is 3.23. The van der Waals surface area contributed by atoms with E-state index in [-0.39, 0.29) is 12.0 Å². The van der Waals surface area contributed by atoms with Gasteiger partial charge in [0, 0.05) is 44.1 Å². The zero-order chi connectivity index (χ0) is 20.6. The molecule has 29 heavy (non-hydrogen) atoms. The molecule has 0 spiro atoms. The molecule has 0 bridgehead atoms. The summed E-state index contributed by atoms with van der Waals surface area (Å²) < 4.78 is 4.72. The number of rotatable bonds is 6. The molecular formula is C22H28N4O3. The summed E-state index contributed by atoms with van der Waals surface area (Å²) in [7, 11) is 1.41. The van der Waals surface area contributed by atoms with E-state index in [0.717, 1.165) is 43.1 Å². The molecule has 154 valence electrons. The van der Waals surface area contributed by atoms with E-state index < -0.39 is 0 Å². The van der Waals surface area contributed by atoms with Crippen LogP contribution in [0.5, 0.6) is 0 Å². The number of piperazine rings is 1. The second-order valence-corrected chi connectivity index (χ2v) is 7.18. The quantitative estimate of drug-likeness (QED) is 0.735. The maximum absolute atomic E-state index is 12.1. The van der Waals surface area contributed by atoms with E-state index in [1.807, 2.05) is 55.5 Å². The van der Waals surface area contributed by atoms with Crippen molar-refractivity contribution in [3.63, 3.8) is 0 Å². The van der Waals surface area contributed by atoms with Crippen molar-refractivity contribution in [2.24, 2.45) is 0 Å². The summed E-state index contributed by atoms with van der Waals surface area (Å²) in [5.74, 6) is -0.200. The number of aryl methyl sites for hydroxylation is 1. The molecule has 0 unspecified atom stereocenters. The Labute approximate surface area is 171 Å². The Morgan fingerprint density at radius 3 is 2.24 bits per heavy atom. The van der Waals surface area contributed by atoms with Crippen LogP contribution < -0.4 is 15.5 Å². The van der Waals surface area contributed by atoms with Crippen molar-refractivity contribution >= 4 is 23.4 Å². The number of urea groups is 1. The van der Waals surface area contributed by atoms with E-state index in [9.17, 15) is 9.59 Å². The van der Waals surface area contributed by atoms with Crippen molar-refractivity contribution in [1.82, 2.24) is 10.2 Å². The van der Waals surface area contributed by atoms with E-state index in [1.165, 1.54) is 12.7 Å². The Balaban J connectivity index is 1.44. The first-order valence-corrected chi connectivity index (χ1v) is 9.78. The van der Waals surface area contributed by atoms with Crippen LogP contribution in [0.25, 0.3) is 0 Å². The largest absolute Gasteiger partial charge is 0.468 e. The van der Waals surface area contributed by atoms with Crippen molar-refractivity contribution in [2.75, 3.05) is 50.1 Å². The van der Waals surface area contributed by atoms with Crippen LogP contribution in [0.1, 0.15) is 11.1 Å². The van der Waals surface area contributed by atoms with Crippen molar-refractivity contribution < 1.29 is 14.3 Å². The number of ether oxygens (including phenoxy) is 1. The second-order valence-electron chi connectivity index (χ2n) is 7.18. The number of amides is 2. The lowest BCUT2D eigenvalue weighted by Crippen LogP contribution is -2.48. The highest BCUT2D eigenvalue weighted by molar-refractivity contribution is 5.89. The first kappa shape index (κ1) is 20.7. The van der Waals surface area contributed by atoms with Gasteiger partial charge in [-0.1, -0.05) is 29.8 Å². The minimum atomic E-state index is -0.227. The van der Waals surface area contributed by atoms with E-state index in [0.29, 0.717) is 13.1 Å². The maximum atomic E-state index is 12.1. The molecule has 0 radical (unpaired) electrons. The lowest BCUT2D eigenvalue weighted by Gasteiger charge is -2.35. The number of benzene rings is 2. The van der Waals surface area contributed by atoms with Gasteiger partial charge in [0.05, 0.1) is 13.7 Å². The molecule has 1 aliphatic heterocycles. The van der Waals surface area contributed by atoms with Gasteiger partial charge in [-0.05, 0) is 36.8 Å². The number of nitrogens with one attached hydrogen (secondary N) is 2. The van der Waals surface area contributed by atoms with E-state index in [2.05, 4.69) is 20.4 Å². The normalized spacial score (nSPS) is 14.3. The van der Waals surface area contributed by atoms with Crippen LogP contribution in [0, 0.1) is 6.92 Å². The third-order valence-corrected chi connectivity index (χ3v) is 5.02. The summed E-state index contributed by atoms with van der Waals surface area (Å²) in [4.78, 5) is 27.9. The molecule has 2 N–H and O–H groups in total. The molecule has 0 saturated carbocycles. The average Bonchev–Trinajstić information content (AvgIpc) is 2.74. The molecule has 2 aromatic carbocycles. The van der Waals surface area contributed by atoms with Gasteiger partial charge in [0.1, 0.15) is 0 Å². The Kier molecular flexibility index (Phi) is 7.08. The smallest absolute Gasteiger partial charge is 0.319 e. The number of carbonyl (C=O) groups is 2. The minimum Gasteiger partial charge on any atom is -0.468 e. The molecule has 7 heteroatoms. The zero-order valence-electron chi connectivity index (χ0n) is 17.0. The highest BCUT2D eigenvalue weighted by Crippen LogP contribution is 2.19. The van der Waals surface area contributed by atoms with E-state index >= 15 is 0 Å². The van der Waals surface area contributed by atoms with E-state index in [1.54, 1.807) is 0 Å². The highest BCUT2D eigenvalue weighted by Gasteiger charge is 2.19. The molecular weight excluding hydrogens is 368 g/mol. The van der Waals surface area contributed by atoms with Gasteiger partial charge in [0.15, 0.2) is 0 Å². The van der Waals surface area contributed by atoms with Crippen LogP contribution in [0.15, 0.2) is 48.5 Å².